The number of hydrogen-bond donors (Lipinski definition) is 0. The molecule has 10 heteroatoms. The Balaban J connectivity index is 1.62. The molecule has 0 saturated carbocycles. The van der Waals surface area contributed by atoms with Crippen molar-refractivity contribution in [2.24, 2.45) is 7.05 Å². The SMILES string of the molecule is Cn1c(=O)oc2c3c(cc(F)c21)N1C(=O)O[C@@H](Cn2ccnn2)[C@@H]1C3. The van der Waals surface area contributed by atoms with Gasteiger partial charge in [-0.25, -0.2) is 18.7 Å². The summed E-state index contributed by atoms with van der Waals surface area (Å²) in [6, 6.07) is 0.938. The summed E-state index contributed by atoms with van der Waals surface area (Å²) in [5.41, 5.74) is 1.31. The Bertz CT molecular complexity index is 1070. The third-order valence-corrected chi connectivity index (χ3v) is 4.81. The number of nitrogens with zero attached hydrogens (tertiary/aromatic N) is 5. The van der Waals surface area contributed by atoms with Crippen LogP contribution in [-0.4, -0.2) is 37.8 Å². The normalized spacial score (nSPS) is 21.7. The first-order valence-electron chi connectivity index (χ1n) is 7.69. The highest BCUT2D eigenvalue weighted by molar-refractivity contribution is 5.98. The molecule has 9 nitrogen and oxygen atoms in total. The number of anilines is 1. The third kappa shape index (κ3) is 1.81. The zero-order valence-electron chi connectivity index (χ0n) is 13.0. The number of ether oxygens (including phenoxy) is 1. The Morgan fingerprint density at radius 1 is 1.40 bits per heavy atom. The summed E-state index contributed by atoms with van der Waals surface area (Å²) in [7, 11) is 1.45. The predicted octanol–water partition coefficient (Wildman–Crippen LogP) is 0.812. The van der Waals surface area contributed by atoms with Gasteiger partial charge >= 0.3 is 11.8 Å². The quantitative estimate of drug-likeness (QED) is 0.682. The third-order valence-electron chi connectivity index (χ3n) is 4.81. The van der Waals surface area contributed by atoms with Gasteiger partial charge in [-0.1, -0.05) is 5.21 Å². The van der Waals surface area contributed by atoms with E-state index in [1.165, 1.54) is 24.2 Å². The maximum Gasteiger partial charge on any atom is 0.419 e. The van der Waals surface area contributed by atoms with E-state index in [-0.39, 0.29) is 17.1 Å². The lowest BCUT2D eigenvalue weighted by molar-refractivity contribution is 0.117. The maximum atomic E-state index is 14.5. The standard InChI is InChI=1S/C15H12FN5O4/c1-19-12-8(16)5-9-7(13(12)25-14(19)22)4-10-11(24-15(23)21(9)10)6-20-3-2-17-18-20/h2-3,5,10-11H,4,6H2,1H3/t10-,11-/m0/s1. The van der Waals surface area contributed by atoms with E-state index in [1.54, 1.807) is 10.9 Å². The summed E-state index contributed by atoms with van der Waals surface area (Å²) in [5.74, 6) is -1.26. The van der Waals surface area contributed by atoms with Gasteiger partial charge in [0.05, 0.1) is 24.5 Å². The highest BCUT2D eigenvalue weighted by Gasteiger charge is 2.49. The van der Waals surface area contributed by atoms with Gasteiger partial charge in [0.15, 0.2) is 11.4 Å². The zero-order chi connectivity index (χ0) is 17.3. The fourth-order valence-corrected chi connectivity index (χ4v) is 3.67. The van der Waals surface area contributed by atoms with Crippen LogP contribution < -0.4 is 10.7 Å². The molecular formula is C15H12FN5O4. The van der Waals surface area contributed by atoms with Crippen LogP contribution in [0.25, 0.3) is 11.1 Å². The minimum Gasteiger partial charge on any atom is -0.442 e. The van der Waals surface area contributed by atoms with Gasteiger partial charge in [-0.3, -0.25) is 9.47 Å². The molecule has 0 spiro atoms. The molecule has 0 aliphatic carbocycles. The molecular weight excluding hydrogens is 333 g/mol. The largest absolute Gasteiger partial charge is 0.442 e. The van der Waals surface area contributed by atoms with Gasteiger partial charge in [-0.2, -0.15) is 0 Å². The number of carbonyl (C=O) groups excluding carboxylic acids is 1. The van der Waals surface area contributed by atoms with Gasteiger partial charge in [0.25, 0.3) is 0 Å². The smallest absolute Gasteiger partial charge is 0.419 e. The fourth-order valence-electron chi connectivity index (χ4n) is 3.67. The lowest BCUT2D eigenvalue weighted by Gasteiger charge is -2.16. The number of oxazole rings is 1. The maximum absolute atomic E-state index is 14.5. The van der Waals surface area contributed by atoms with Crippen molar-refractivity contribution in [2.75, 3.05) is 4.90 Å². The highest BCUT2D eigenvalue weighted by Crippen LogP contribution is 2.43. The van der Waals surface area contributed by atoms with Crippen molar-refractivity contribution >= 4 is 22.9 Å². The molecule has 1 fully saturated rings. The lowest BCUT2D eigenvalue weighted by atomic mass is 10.0. The van der Waals surface area contributed by atoms with E-state index >= 15 is 0 Å². The Kier molecular flexibility index (Phi) is 2.66. The molecule has 0 radical (unpaired) electrons. The van der Waals surface area contributed by atoms with Crippen LogP contribution in [0.4, 0.5) is 14.9 Å². The molecule has 2 aliphatic heterocycles. The predicted molar refractivity (Wildman–Crippen MR) is 81.7 cm³/mol. The van der Waals surface area contributed by atoms with E-state index in [4.69, 9.17) is 9.15 Å². The van der Waals surface area contributed by atoms with E-state index < -0.39 is 23.8 Å². The van der Waals surface area contributed by atoms with Gasteiger partial charge in [-0.15, -0.1) is 5.10 Å². The number of hydrogen-bond acceptors (Lipinski definition) is 6. The first kappa shape index (κ1) is 14.2. The van der Waals surface area contributed by atoms with Crippen LogP contribution in [0.2, 0.25) is 0 Å². The van der Waals surface area contributed by atoms with E-state index in [0.29, 0.717) is 24.2 Å². The molecule has 1 saturated heterocycles. The van der Waals surface area contributed by atoms with Crippen molar-refractivity contribution in [1.29, 1.82) is 0 Å². The Morgan fingerprint density at radius 2 is 2.24 bits per heavy atom. The minimum absolute atomic E-state index is 0.103. The number of aromatic nitrogens is 4. The van der Waals surface area contributed by atoms with Crippen molar-refractivity contribution < 1.29 is 18.3 Å². The van der Waals surface area contributed by atoms with Crippen molar-refractivity contribution in [1.82, 2.24) is 19.6 Å². The Labute approximate surface area is 139 Å². The van der Waals surface area contributed by atoms with Gasteiger partial charge in [0.1, 0.15) is 11.6 Å². The van der Waals surface area contributed by atoms with Crippen molar-refractivity contribution in [3.05, 3.63) is 40.4 Å². The molecule has 1 amide bonds. The Hall–Kier alpha value is -3.17. The number of rotatable bonds is 2. The molecule has 1 aromatic carbocycles. The molecule has 4 heterocycles. The second-order valence-electron chi connectivity index (χ2n) is 6.15. The molecule has 128 valence electrons. The fraction of sp³-hybridized carbons (Fsp3) is 0.333. The summed E-state index contributed by atoms with van der Waals surface area (Å²) in [6.07, 6.45) is 2.60. The van der Waals surface area contributed by atoms with Crippen LogP contribution in [0, 0.1) is 5.82 Å². The first-order valence-corrected chi connectivity index (χ1v) is 7.69. The molecule has 0 bridgehead atoms. The summed E-state index contributed by atoms with van der Waals surface area (Å²) in [4.78, 5) is 25.5. The molecule has 5 rings (SSSR count). The summed E-state index contributed by atoms with van der Waals surface area (Å²) in [6.45, 7) is 0.339. The lowest BCUT2D eigenvalue weighted by Crippen LogP contribution is -2.35. The number of halogens is 1. The van der Waals surface area contributed by atoms with Gasteiger partial charge < -0.3 is 9.15 Å². The summed E-state index contributed by atoms with van der Waals surface area (Å²) < 4.78 is 27.8. The summed E-state index contributed by atoms with van der Waals surface area (Å²) in [5, 5.41) is 7.61. The average Bonchev–Trinajstić information content (AvgIpc) is 3.30. The van der Waals surface area contributed by atoms with E-state index in [9.17, 15) is 14.0 Å². The number of carbonyl (C=O) groups is 1. The molecule has 2 atom stereocenters. The molecule has 0 unspecified atom stereocenters. The average molecular weight is 345 g/mol. The van der Waals surface area contributed by atoms with Crippen molar-refractivity contribution in [3.8, 4) is 0 Å². The van der Waals surface area contributed by atoms with Crippen LogP contribution in [0.3, 0.4) is 0 Å². The van der Waals surface area contributed by atoms with E-state index in [0.717, 1.165) is 4.57 Å². The van der Waals surface area contributed by atoms with Crippen LogP contribution >= 0.6 is 0 Å². The van der Waals surface area contributed by atoms with E-state index in [2.05, 4.69) is 10.3 Å². The number of fused-ring (bicyclic) bond motifs is 5. The number of benzene rings is 1. The van der Waals surface area contributed by atoms with Crippen LogP contribution in [-0.2, 0) is 24.8 Å². The number of cyclic esters (lactones) is 1. The second kappa shape index (κ2) is 4.68. The van der Waals surface area contributed by atoms with Crippen molar-refractivity contribution in [3.63, 3.8) is 0 Å². The molecule has 2 aromatic heterocycles. The molecule has 25 heavy (non-hydrogen) atoms. The number of amides is 1. The number of aryl methyl sites for hydroxylation is 1. The van der Waals surface area contributed by atoms with Gasteiger partial charge in [0.2, 0.25) is 0 Å². The topological polar surface area (TPSA) is 95.4 Å². The second-order valence-corrected chi connectivity index (χ2v) is 6.15. The molecule has 3 aromatic rings. The van der Waals surface area contributed by atoms with Crippen LogP contribution in [0.15, 0.2) is 27.7 Å². The molecule has 2 aliphatic rings. The summed E-state index contributed by atoms with van der Waals surface area (Å²) >= 11 is 0. The van der Waals surface area contributed by atoms with Gasteiger partial charge in [0, 0.05) is 31.3 Å². The van der Waals surface area contributed by atoms with Crippen LogP contribution in [0.5, 0.6) is 0 Å². The molecule has 0 N–H and O–H groups in total. The monoisotopic (exact) mass is 345 g/mol. The van der Waals surface area contributed by atoms with Crippen LogP contribution in [0.1, 0.15) is 5.56 Å². The van der Waals surface area contributed by atoms with Crippen molar-refractivity contribution in [2.45, 2.75) is 25.1 Å². The first-order chi connectivity index (χ1) is 12.0. The van der Waals surface area contributed by atoms with Gasteiger partial charge in [-0.05, 0) is 0 Å². The zero-order valence-corrected chi connectivity index (χ0v) is 13.0. The highest BCUT2D eigenvalue weighted by atomic mass is 19.1. The Morgan fingerprint density at radius 3 is 3.00 bits per heavy atom. The van der Waals surface area contributed by atoms with E-state index in [1.807, 2.05) is 0 Å². The minimum atomic E-state index is -0.642.